The van der Waals surface area contributed by atoms with Crippen LogP contribution in [-0.4, -0.2) is 37.7 Å². The maximum atomic E-state index is 12.9. The molecule has 0 fully saturated rings. The molecule has 0 unspecified atom stereocenters. The predicted octanol–water partition coefficient (Wildman–Crippen LogP) is 3.84. The molecule has 0 aliphatic heterocycles. The Bertz CT molecular complexity index is 733. The zero-order valence-electron chi connectivity index (χ0n) is 14.5. The number of hydrogen-bond acceptors (Lipinski definition) is 3. The Morgan fingerprint density at radius 2 is 1.62 bits per heavy atom. The number of hydrogen-bond donors (Lipinski definition) is 0. The summed E-state index contributed by atoms with van der Waals surface area (Å²) in [7, 11) is 2.98. The average Bonchev–Trinajstić information content (AvgIpc) is 2.64. The average molecular weight is 366 g/mol. The zero-order valence-corrected chi connectivity index (χ0v) is 14.5. The first-order valence-corrected chi connectivity index (χ1v) is 7.96. The van der Waals surface area contributed by atoms with E-state index < -0.39 is 12.1 Å². The van der Waals surface area contributed by atoms with E-state index in [0.717, 1.165) is 10.5 Å². The van der Waals surface area contributed by atoms with Crippen molar-refractivity contribution in [2.24, 2.45) is 0 Å². The van der Waals surface area contributed by atoms with Crippen LogP contribution in [0.25, 0.3) is 0 Å². The van der Waals surface area contributed by atoms with Crippen molar-refractivity contribution in [1.82, 2.24) is 4.90 Å². The molecule has 0 saturated carbocycles. The van der Waals surface area contributed by atoms with E-state index in [2.05, 4.69) is 0 Å². The summed E-state index contributed by atoms with van der Waals surface area (Å²) in [6.45, 7) is -0.171. The molecule has 2 aromatic carbocycles. The maximum absolute atomic E-state index is 12.9. The molecule has 1 amide bonds. The summed E-state index contributed by atoms with van der Waals surface area (Å²) in [6.07, 6.45) is -4.65. The third kappa shape index (κ3) is 5.15. The van der Waals surface area contributed by atoms with Crippen LogP contribution in [0.5, 0.6) is 11.5 Å². The molecule has 0 N–H and O–H groups in total. The first kappa shape index (κ1) is 19.6. The van der Waals surface area contributed by atoms with Gasteiger partial charge in [0.2, 0.25) is 0 Å². The maximum Gasteiger partial charge on any atom is 0.471 e. The van der Waals surface area contributed by atoms with Crippen LogP contribution in [0.4, 0.5) is 13.2 Å². The van der Waals surface area contributed by atoms with Crippen LogP contribution in [0.2, 0.25) is 0 Å². The lowest BCUT2D eigenvalue weighted by Gasteiger charge is -2.24. The Hall–Kier alpha value is -2.70. The van der Waals surface area contributed by atoms with Crippen LogP contribution in [0.15, 0.2) is 48.5 Å². The van der Waals surface area contributed by atoms with Gasteiger partial charge in [-0.2, -0.15) is 13.2 Å². The molecule has 0 atom stereocenters. The summed E-state index contributed by atoms with van der Waals surface area (Å²) in [5.41, 5.74) is 1.38. The second-order valence-corrected chi connectivity index (χ2v) is 5.65. The number of rotatable bonds is 7. The van der Waals surface area contributed by atoms with E-state index in [1.807, 2.05) is 0 Å². The van der Waals surface area contributed by atoms with Gasteiger partial charge in [-0.1, -0.05) is 36.4 Å². The van der Waals surface area contributed by atoms with Crippen molar-refractivity contribution in [3.05, 3.63) is 59.7 Å². The minimum atomic E-state index is -4.91. The van der Waals surface area contributed by atoms with E-state index in [4.69, 9.17) is 9.47 Å². The fourth-order valence-corrected chi connectivity index (χ4v) is 2.54. The van der Waals surface area contributed by atoms with Gasteiger partial charge < -0.3 is 14.4 Å². The standard InChI is InChI=1S/C19H20F3NO3/c1-25-16-9-8-14(12-17(16)26-2)10-11-23(18(24)19(20,21)22)13-15-6-4-3-5-7-15/h3-9,12H,10-11,13H2,1-2H3/i20-1. The van der Waals surface area contributed by atoms with Crippen molar-refractivity contribution in [3.8, 4) is 11.5 Å². The fraction of sp³-hybridized carbons (Fsp3) is 0.316. The molecule has 2 rings (SSSR count). The quantitative estimate of drug-likeness (QED) is 0.747. The second kappa shape index (κ2) is 8.60. The lowest BCUT2D eigenvalue weighted by atomic mass is 10.1. The Morgan fingerprint density at radius 1 is 0.962 bits per heavy atom. The molecule has 0 saturated heterocycles. The molecule has 0 bridgehead atoms. The van der Waals surface area contributed by atoms with Gasteiger partial charge in [0.25, 0.3) is 0 Å². The molecule has 0 aliphatic carbocycles. The van der Waals surface area contributed by atoms with Crippen LogP contribution in [0.3, 0.4) is 0 Å². The molecule has 0 spiro atoms. The summed E-state index contributed by atoms with van der Waals surface area (Å²) in [6, 6.07) is 13.7. The van der Waals surface area contributed by atoms with Crippen molar-refractivity contribution in [3.63, 3.8) is 0 Å². The normalized spacial score (nSPS) is 11.1. The van der Waals surface area contributed by atoms with Crippen molar-refractivity contribution in [1.29, 1.82) is 0 Å². The molecular weight excluding hydrogens is 346 g/mol. The van der Waals surface area contributed by atoms with E-state index in [1.54, 1.807) is 48.5 Å². The summed E-state index contributed by atoms with van der Waals surface area (Å²) in [4.78, 5) is 12.6. The van der Waals surface area contributed by atoms with E-state index in [1.165, 1.54) is 14.2 Å². The van der Waals surface area contributed by atoms with E-state index in [-0.39, 0.29) is 19.5 Å². The van der Waals surface area contributed by atoms with Crippen molar-refractivity contribution in [2.45, 2.75) is 19.1 Å². The Labute approximate surface area is 150 Å². The second-order valence-electron chi connectivity index (χ2n) is 5.65. The molecular formula is C19H20F3NO3. The first-order chi connectivity index (χ1) is 12.3. The summed E-state index contributed by atoms with van der Waals surface area (Å²) < 4.78 is 49.1. The molecule has 7 heteroatoms. The SMILES string of the molecule is COc1ccc(CCN(Cc2ccccc2)C(=O)C(F)(F)[18F])cc1OC. The molecule has 2 aromatic rings. The number of carbonyl (C=O) groups excluding carboxylic acids is 1. The third-order valence-electron chi connectivity index (χ3n) is 3.86. The van der Waals surface area contributed by atoms with Gasteiger partial charge in [-0.15, -0.1) is 0 Å². The highest BCUT2D eigenvalue weighted by molar-refractivity contribution is 5.81. The van der Waals surface area contributed by atoms with E-state index in [0.29, 0.717) is 17.1 Å². The Balaban J connectivity index is 2.15. The first-order valence-electron chi connectivity index (χ1n) is 7.96. The Morgan fingerprint density at radius 3 is 2.19 bits per heavy atom. The highest BCUT2D eigenvalue weighted by atomic mass is 19.3. The van der Waals surface area contributed by atoms with Gasteiger partial charge >= 0.3 is 12.1 Å². The number of nitrogens with zero attached hydrogens (tertiary/aromatic N) is 1. The zero-order chi connectivity index (χ0) is 19.2. The van der Waals surface area contributed by atoms with Crippen molar-refractivity contribution < 1.29 is 27.4 Å². The van der Waals surface area contributed by atoms with Crippen LogP contribution < -0.4 is 9.47 Å². The lowest BCUT2D eigenvalue weighted by Crippen LogP contribution is -2.41. The Kier molecular flexibility index (Phi) is 6.49. The number of carbonyl (C=O) groups is 1. The summed E-state index contributed by atoms with van der Waals surface area (Å²) in [5, 5.41) is 0. The number of methoxy groups -OCH3 is 2. The highest BCUT2D eigenvalue weighted by Gasteiger charge is 2.42. The van der Waals surface area contributed by atoms with Crippen LogP contribution in [0, 0.1) is 0 Å². The molecule has 0 radical (unpaired) electrons. The predicted molar refractivity (Wildman–Crippen MR) is 91.2 cm³/mol. The molecule has 0 heterocycles. The monoisotopic (exact) mass is 366 g/mol. The van der Waals surface area contributed by atoms with Gasteiger partial charge in [0.15, 0.2) is 11.5 Å². The molecule has 140 valence electrons. The summed E-state index contributed by atoms with van der Waals surface area (Å²) in [5.74, 6) is -0.827. The minimum Gasteiger partial charge on any atom is -0.493 e. The number of amides is 1. The fourth-order valence-electron chi connectivity index (χ4n) is 2.54. The smallest absolute Gasteiger partial charge is 0.471 e. The van der Waals surface area contributed by atoms with E-state index in [9.17, 15) is 18.0 Å². The van der Waals surface area contributed by atoms with Crippen molar-refractivity contribution >= 4 is 5.91 Å². The van der Waals surface area contributed by atoms with Crippen LogP contribution in [-0.2, 0) is 17.8 Å². The van der Waals surface area contributed by atoms with Crippen LogP contribution in [0.1, 0.15) is 11.1 Å². The lowest BCUT2D eigenvalue weighted by molar-refractivity contribution is -0.186. The summed E-state index contributed by atoms with van der Waals surface area (Å²) >= 11 is 0. The van der Waals surface area contributed by atoms with Gasteiger partial charge in [-0.05, 0) is 29.7 Å². The molecule has 0 aromatic heterocycles. The topological polar surface area (TPSA) is 38.8 Å². The minimum absolute atomic E-state index is 0.0667. The largest absolute Gasteiger partial charge is 0.493 e. The van der Waals surface area contributed by atoms with Crippen LogP contribution >= 0.6 is 0 Å². The number of ether oxygens (including phenoxy) is 2. The van der Waals surface area contributed by atoms with Crippen molar-refractivity contribution in [2.75, 3.05) is 20.8 Å². The third-order valence-corrected chi connectivity index (χ3v) is 3.86. The number of halogens is 3. The van der Waals surface area contributed by atoms with Gasteiger partial charge in [-0.3, -0.25) is 4.79 Å². The van der Waals surface area contributed by atoms with Gasteiger partial charge in [-0.25, -0.2) is 0 Å². The number of benzene rings is 2. The molecule has 4 nitrogen and oxygen atoms in total. The van der Waals surface area contributed by atoms with Gasteiger partial charge in [0, 0.05) is 13.1 Å². The molecule has 0 aliphatic rings. The molecule has 26 heavy (non-hydrogen) atoms. The van der Waals surface area contributed by atoms with Gasteiger partial charge in [0.1, 0.15) is 0 Å². The van der Waals surface area contributed by atoms with Gasteiger partial charge in [0.05, 0.1) is 14.2 Å². The van der Waals surface area contributed by atoms with E-state index >= 15 is 0 Å². The number of alkyl halides is 3. The highest BCUT2D eigenvalue weighted by Crippen LogP contribution is 2.28.